The van der Waals surface area contributed by atoms with Gasteiger partial charge in [-0.25, -0.2) is 0 Å². The molecule has 1 aromatic heterocycles. The average Bonchev–Trinajstić information content (AvgIpc) is 3.19. The lowest BCUT2D eigenvalue weighted by Crippen LogP contribution is -1.95. The van der Waals surface area contributed by atoms with Crippen LogP contribution in [0.3, 0.4) is 0 Å². The van der Waals surface area contributed by atoms with Crippen LogP contribution in [0.1, 0.15) is 5.56 Å². The van der Waals surface area contributed by atoms with Gasteiger partial charge in [0.05, 0.1) is 11.0 Å². The minimum Gasteiger partial charge on any atom is -0.355 e. The van der Waals surface area contributed by atoms with Crippen LogP contribution in [0.15, 0.2) is 121 Å². The highest BCUT2D eigenvalue weighted by molar-refractivity contribution is 6.10. The third kappa shape index (κ3) is 3.46. The fourth-order valence-corrected chi connectivity index (χ4v) is 4.72. The van der Waals surface area contributed by atoms with E-state index in [1.54, 1.807) is 0 Å². The topological polar surface area (TPSA) is 17.0 Å². The number of hydrogen-bond acceptors (Lipinski definition) is 1. The number of nitrogens with zero attached hydrogens (tertiary/aromatic N) is 1. The molecule has 0 saturated heterocycles. The molecular formula is C31H24N2. The van der Waals surface area contributed by atoms with E-state index in [1.165, 1.54) is 44.2 Å². The molecule has 6 aromatic rings. The Hall–Kier alpha value is -4.30. The lowest BCUT2D eigenvalue weighted by Gasteiger charge is -2.14. The smallest absolute Gasteiger partial charge is 0.0547 e. The van der Waals surface area contributed by atoms with Crippen molar-refractivity contribution in [1.29, 1.82) is 0 Å². The molecule has 0 aliphatic carbocycles. The number of benzene rings is 5. The highest BCUT2D eigenvalue weighted by Gasteiger charge is 2.14. The van der Waals surface area contributed by atoms with E-state index in [-0.39, 0.29) is 0 Å². The second kappa shape index (κ2) is 7.99. The molecule has 2 nitrogen and oxygen atoms in total. The van der Waals surface area contributed by atoms with Crippen LogP contribution in [0.25, 0.3) is 38.6 Å². The highest BCUT2D eigenvalue weighted by Crippen LogP contribution is 2.37. The van der Waals surface area contributed by atoms with Gasteiger partial charge in [-0.3, -0.25) is 0 Å². The molecule has 0 bridgehead atoms. The summed E-state index contributed by atoms with van der Waals surface area (Å²) in [6.45, 7) is 2.12. The van der Waals surface area contributed by atoms with Gasteiger partial charge in [-0.2, -0.15) is 0 Å². The van der Waals surface area contributed by atoms with Gasteiger partial charge < -0.3 is 9.88 Å². The summed E-state index contributed by atoms with van der Waals surface area (Å²) in [7, 11) is 0. The first-order chi connectivity index (χ1) is 16.3. The van der Waals surface area contributed by atoms with Gasteiger partial charge in [-0.05, 0) is 60.5 Å². The summed E-state index contributed by atoms with van der Waals surface area (Å²) >= 11 is 0. The Bertz CT molecular complexity index is 1590. The lowest BCUT2D eigenvalue weighted by molar-refractivity contribution is 1.18. The van der Waals surface area contributed by atoms with Gasteiger partial charge in [0.15, 0.2) is 0 Å². The van der Waals surface area contributed by atoms with Crippen molar-refractivity contribution < 1.29 is 0 Å². The van der Waals surface area contributed by atoms with Crippen LogP contribution in [0.4, 0.5) is 11.4 Å². The van der Waals surface area contributed by atoms with Crippen LogP contribution in [0.5, 0.6) is 0 Å². The van der Waals surface area contributed by atoms with E-state index < -0.39 is 0 Å². The highest BCUT2D eigenvalue weighted by atomic mass is 15.0. The maximum absolute atomic E-state index is 3.63. The van der Waals surface area contributed by atoms with Gasteiger partial charge in [-0.1, -0.05) is 78.9 Å². The largest absolute Gasteiger partial charge is 0.355 e. The zero-order chi connectivity index (χ0) is 22.2. The van der Waals surface area contributed by atoms with Crippen molar-refractivity contribution in [2.75, 3.05) is 5.32 Å². The SMILES string of the molecule is Cc1cccc(Nc2ccccc2-c2ccc3c4ccccc4n(-c4ccccc4)c3c2)c1. The Kier molecular flexibility index (Phi) is 4.70. The predicted molar refractivity (Wildman–Crippen MR) is 141 cm³/mol. The van der Waals surface area contributed by atoms with Crippen LogP contribution >= 0.6 is 0 Å². The van der Waals surface area contributed by atoms with Crippen molar-refractivity contribution in [1.82, 2.24) is 4.57 Å². The lowest BCUT2D eigenvalue weighted by atomic mass is 10.0. The van der Waals surface area contributed by atoms with Crippen molar-refractivity contribution >= 4 is 33.2 Å². The molecule has 5 aromatic carbocycles. The first kappa shape index (κ1) is 19.4. The number of para-hydroxylation sites is 3. The molecule has 0 unspecified atom stereocenters. The number of nitrogens with one attached hydrogen (secondary N) is 1. The number of rotatable bonds is 4. The Morgan fingerprint density at radius 1 is 0.576 bits per heavy atom. The monoisotopic (exact) mass is 424 g/mol. The molecule has 1 N–H and O–H groups in total. The Labute approximate surface area is 193 Å². The molecule has 0 amide bonds. The van der Waals surface area contributed by atoms with Crippen molar-refractivity contribution in [2.45, 2.75) is 6.92 Å². The molecule has 0 atom stereocenters. The van der Waals surface area contributed by atoms with Gasteiger partial charge in [0.2, 0.25) is 0 Å². The molecule has 2 heteroatoms. The predicted octanol–water partition coefficient (Wildman–Crippen LogP) is 8.50. The molecule has 0 spiro atoms. The van der Waals surface area contributed by atoms with Crippen molar-refractivity contribution in [3.63, 3.8) is 0 Å². The Morgan fingerprint density at radius 2 is 1.33 bits per heavy atom. The minimum atomic E-state index is 1.10. The second-order valence-electron chi connectivity index (χ2n) is 8.46. The van der Waals surface area contributed by atoms with Crippen LogP contribution in [-0.2, 0) is 0 Å². The van der Waals surface area contributed by atoms with E-state index in [0.29, 0.717) is 0 Å². The first-order valence-corrected chi connectivity index (χ1v) is 11.3. The molecule has 33 heavy (non-hydrogen) atoms. The molecule has 0 aliphatic heterocycles. The van der Waals surface area contributed by atoms with Crippen LogP contribution < -0.4 is 5.32 Å². The van der Waals surface area contributed by atoms with Crippen LogP contribution in [0.2, 0.25) is 0 Å². The Balaban J connectivity index is 1.55. The third-order valence-electron chi connectivity index (χ3n) is 6.22. The summed E-state index contributed by atoms with van der Waals surface area (Å²) in [5.74, 6) is 0. The van der Waals surface area contributed by atoms with Gasteiger partial charge in [0.1, 0.15) is 0 Å². The number of anilines is 2. The summed E-state index contributed by atoms with van der Waals surface area (Å²) < 4.78 is 2.37. The molecule has 1 heterocycles. The zero-order valence-corrected chi connectivity index (χ0v) is 18.5. The van der Waals surface area contributed by atoms with Crippen LogP contribution in [-0.4, -0.2) is 4.57 Å². The maximum Gasteiger partial charge on any atom is 0.0547 e. The summed E-state index contributed by atoms with van der Waals surface area (Å²) in [6.07, 6.45) is 0. The maximum atomic E-state index is 3.63. The van der Waals surface area contributed by atoms with E-state index in [0.717, 1.165) is 11.4 Å². The van der Waals surface area contributed by atoms with Gasteiger partial charge in [-0.15, -0.1) is 0 Å². The standard InChI is InChI=1S/C31H24N2/c1-22-10-9-11-24(20-22)32-29-16-7-5-14-26(29)23-18-19-28-27-15-6-8-17-30(27)33(31(28)21-23)25-12-3-2-4-13-25/h2-21,32H,1H3. The normalized spacial score (nSPS) is 11.2. The van der Waals surface area contributed by atoms with E-state index in [4.69, 9.17) is 0 Å². The van der Waals surface area contributed by atoms with Crippen molar-refractivity contribution in [3.05, 3.63) is 127 Å². The van der Waals surface area contributed by atoms with Gasteiger partial charge >= 0.3 is 0 Å². The second-order valence-corrected chi connectivity index (χ2v) is 8.46. The molecule has 6 rings (SSSR count). The minimum absolute atomic E-state index is 1.10. The molecule has 0 saturated carbocycles. The summed E-state index contributed by atoms with van der Waals surface area (Å²) in [6, 6.07) is 43.1. The van der Waals surface area contributed by atoms with Gasteiger partial charge in [0, 0.05) is 33.4 Å². The van der Waals surface area contributed by atoms with E-state index in [9.17, 15) is 0 Å². The Morgan fingerprint density at radius 3 is 2.21 bits per heavy atom. The fraction of sp³-hybridized carbons (Fsp3) is 0.0323. The number of fused-ring (bicyclic) bond motifs is 3. The molecular weight excluding hydrogens is 400 g/mol. The fourth-order valence-electron chi connectivity index (χ4n) is 4.72. The summed E-state index contributed by atoms with van der Waals surface area (Å²) in [4.78, 5) is 0. The molecule has 158 valence electrons. The number of hydrogen-bond donors (Lipinski definition) is 1. The molecule has 0 radical (unpaired) electrons. The van der Waals surface area contributed by atoms with Crippen molar-refractivity contribution in [2.24, 2.45) is 0 Å². The summed E-state index contributed by atoms with van der Waals surface area (Å²) in [5.41, 5.74) is 9.43. The van der Waals surface area contributed by atoms with Gasteiger partial charge in [0.25, 0.3) is 0 Å². The quantitative estimate of drug-likeness (QED) is 0.300. The zero-order valence-electron chi connectivity index (χ0n) is 18.5. The average molecular weight is 425 g/mol. The van der Waals surface area contributed by atoms with E-state index in [1.807, 2.05) is 0 Å². The number of aromatic nitrogens is 1. The van der Waals surface area contributed by atoms with Crippen LogP contribution in [0, 0.1) is 6.92 Å². The van der Waals surface area contributed by atoms with E-state index in [2.05, 4.69) is 138 Å². The number of aryl methyl sites for hydroxylation is 1. The summed E-state index contributed by atoms with van der Waals surface area (Å²) in [5, 5.41) is 6.16. The third-order valence-corrected chi connectivity index (χ3v) is 6.22. The first-order valence-electron chi connectivity index (χ1n) is 11.3. The van der Waals surface area contributed by atoms with E-state index >= 15 is 0 Å². The molecule has 0 fully saturated rings. The molecule has 0 aliphatic rings. The van der Waals surface area contributed by atoms with Crippen molar-refractivity contribution in [3.8, 4) is 16.8 Å².